The first-order valence-electron chi connectivity index (χ1n) is 13.3. The molecular weight excluding hydrogens is 444 g/mol. The van der Waals surface area contributed by atoms with Crippen molar-refractivity contribution in [1.29, 1.82) is 0 Å². The second-order valence-corrected chi connectivity index (χ2v) is 10.3. The molecule has 0 spiro atoms. The van der Waals surface area contributed by atoms with E-state index < -0.39 is 6.04 Å². The molecule has 0 saturated carbocycles. The lowest BCUT2D eigenvalue weighted by Crippen LogP contribution is -2.52. The van der Waals surface area contributed by atoms with Crippen LogP contribution in [0.25, 0.3) is 0 Å². The maximum absolute atomic E-state index is 13.0. The van der Waals surface area contributed by atoms with Crippen LogP contribution >= 0.6 is 0 Å². The van der Waals surface area contributed by atoms with E-state index in [0.717, 1.165) is 44.2 Å². The highest BCUT2D eigenvalue weighted by atomic mass is 16.5. The monoisotopic (exact) mass is 484 g/mol. The van der Waals surface area contributed by atoms with Crippen LogP contribution in [0.3, 0.4) is 0 Å². The van der Waals surface area contributed by atoms with Crippen LogP contribution in [0.5, 0.6) is 5.75 Å². The summed E-state index contributed by atoms with van der Waals surface area (Å²) in [4.78, 5) is 43.3. The van der Waals surface area contributed by atoms with E-state index >= 15 is 0 Å². The Kier molecular flexibility index (Phi) is 8.78. The predicted octanol–water partition coefficient (Wildman–Crippen LogP) is 2.66. The fourth-order valence-electron chi connectivity index (χ4n) is 5.31. The van der Waals surface area contributed by atoms with Crippen molar-refractivity contribution >= 4 is 17.7 Å². The van der Waals surface area contributed by atoms with Gasteiger partial charge in [0.1, 0.15) is 18.4 Å². The summed E-state index contributed by atoms with van der Waals surface area (Å²) >= 11 is 0. The number of piperazine rings is 1. The number of hydrogen-bond donors (Lipinski definition) is 1. The van der Waals surface area contributed by atoms with Crippen molar-refractivity contribution in [2.75, 3.05) is 45.9 Å². The van der Waals surface area contributed by atoms with Gasteiger partial charge in [-0.1, -0.05) is 39.2 Å². The average Bonchev–Trinajstić information content (AvgIpc) is 3.19. The zero-order valence-electron chi connectivity index (χ0n) is 21.3. The number of fused-ring (bicyclic) bond motifs is 1. The topological polar surface area (TPSA) is 82.2 Å². The summed E-state index contributed by atoms with van der Waals surface area (Å²) < 4.78 is 6.13. The molecule has 2 unspecified atom stereocenters. The molecule has 3 aliphatic rings. The van der Waals surface area contributed by atoms with Gasteiger partial charge in [-0.15, -0.1) is 0 Å². The van der Waals surface area contributed by atoms with E-state index in [-0.39, 0.29) is 24.1 Å². The van der Waals surface area contributed by atoms with Gasteiger partial charge in [-0.05, 0) is 37.4 Å². The van der Waals surface area contributed by atoms with Crippen LogP contribution in [0.15, 0.2) is 18.2 Å². The molecule has 4 rings (SSSR count). The molecule has 2 atom stereocenters. The number of nitrogens with one attached hydrogen (secondary N) is 1. The van der Waals surface area contributed by atoms with E-state index in [1.54, 1.807) is 11.0 Å². The molecule has 8 heteroatoms. The second kappa shape index (κ2) is 12.0. The summed E-state index contributed by atoms with van der Waals surface area (Å²) in [6.45, 7) is 11.9. The summed E-state index contributed by atoms with van der Waals surface area (Å²) in [7, 11) is 0. The fourth-order valence-corrected chi connectivity index (χ4v) is 5.31. The van der Waals surface area contributed by atoms with E-state index in [2.05, 4.69) is 29.0 Å². The van der Waals surface area contributed by atoms with Gasteiger partial charge in [0.05, 0.1) is 6.54 Å². The SMILES string of the molecule is CCCCC(C)CCN1CCN(CCOc2cccc3c2CN(C2CCC(=O)NC2=O)C3=O)CC1. The average molecular weight is 485 g/mol. The number of carbonyl (C=O) groups is 3. The number of unbranched alkanes of at least 4 members (excludes halogenated alkanes) is 1. The minimum Gasteiger partial charge on any atom is -0.492 e. The van der Waals surface area contributed by atoms with E-state index in [4.69, 9.17) is 4.74 Å². The Balaban J connectivity index is 1.22. The van der Waals surface area contributed by atoms with Gasteiger partial charge in [0.2, 0.25) is 11.8 Å². The number of piperidine rings is 1. The van der Waals surface area contributed by atoms with Crippen LogP contribution in [0, 0.1) is 5.92 Å². The Morgan fingerprint density at radius 2 is 1.80 bits per heavy atom. The quantitative estimate of drug-likeness (QED) is 0.487. The van der Waals surface area contributed by atoms with Gasteiger partial charge in [-0.2, -0.15) is 0 Å². The highest BCUT2D eigenvalue weighted by molar-refractivity contribution is 6.05. The lowest BCUT2D eigenvalue weighted by atomic mass is 10.0. The molecule has 0 bridgehead atoms. The van der Waals surface area contributed by atoms with Crippen LogP contribution in [0.4, 0.5) is 0 Å². The zero-order chi connectivity index (χ0) is 24.8. The molecule has 1 aromatic rings. The number of carbonyl (C=O) groups excluding carboxylic acids is 3. The Bertz CT molecular complexity index is 912. The standard InChI is InChI=1S/C27H40N4O4/c1-3-4-6-20(2)11-12-29-13-15-30(16-14-29)17-18-35-24-8-5-7-21-22(24)19-31(27(21)34)23-9-10-25(32)28-26(23)33/h5,7-8,20,23H,3-4,6,9-19H2,1-2H3,(H,28,32,33). The Morgan fingerprint density at radius 1 is 1.06 bits per heavy atom. The summed E-state index contributed by atoms with van der Waals surface area (Å²) in [5.41, 5.74) is 1.43. The Hall–Kier alpha value is -2.45. The van der Waals surface area contributed by atoms with Crippen molar-refractivity contribution in [3.05, 3.63) is 29.3 Å². The van der Waals surface area contributed by atoms with Crippen molar-refractivity contribution in [2.24, 2.45) is 5.92 Å². The minimum atomic E-state index is -0.605. The first-order valence-corrected chi connectivity index (χ1v) is 13.3. The van der Waals surface area contributed by atoms with Gasteiger partial charge >= 0.3 is 0 Å². The maximum Gasteiger partial charge on any atom is 0.255 e. The van der Waals surface area contributed by atoms with Crippen LogP contribution in [-0.2, 0) is 16.1 Å². The number of imide groups is 1. The molecule has 192 valence electrons. The third-order valence-corrected chi connectivity index (χ3v) is 7.66. The molecular formula is C27H40N4O4. The van der Waals surface area contributed by atoms with Crippen LogP contribution < -0.4 is 10.1 Å². The van der Waals surface area contributed by atoms with Crippen LogP contribution in [0.2, 0.25) is 0 Å². The van der Waals surface area contributed by atoms with Gasteiger partial charge < -0.3 is 14.5 Å². The molecule has 1 aromatic carbocycles. The van der Waals surface area contributed by atoms with Gasteiger partial charge in [-0.3, -0.25) is 24.6 Å². The largest absolute Gasteiger partial charge is 0.492 e. The summed E-state index contributed by atoms with van der Waals surface area (Å²) in [5.74, 6) is 0.693. The molecule has 2 fully saturated rings. The molecule has 2 saturated heterocycles. The van der Waals surface area contributed by atoms with Crippen molar-refractivity contribution in [3.8, 4) is 5.75 Å². The zero-order valence-corrected chi connectivity index (χ0v) is 21.3. The molecule has 1 N–H and O–H groups in total. The smallest absolute Gasteiger partial charge is 0.255 e. The Morgan fingerprint density at radius 3 is 2.51 bits per heavy atom. The summed E-state index contributed by atoms with van der Waals surface area (Å²) in [6, 6.07) is 4.92. The van der Waals surface area contributed by atoms with E-state index in [1.165, 1.54) is 32.2 Å². The van der Waals surface area contributed by atoms with Gasteiger partial charge in [-0.25, -0.2) is 0 Å². The van der Waals surface area contributed by atoms with E-state index in [0.29, 0.717) is 30.9 Å². The minimum absolute atomic E-state index is 0.167. The molecule has 0 aliphatic carbocycles. The molecule has 3 heterocycles. The molecule has 3 aliphatic heterocycles. The number of ether oxygens (including phenoxy) is 1. The summed E-state index contributed by atoms with van der Waals surface area (Å²) in [6.07, 6.45) is 5.87. The number of nitrogens with zero attached hydrogens (tertiary/aromatic N) is 3. The lowest BCUT2D eigenvalue weighted by Gasteiger charge is -2.35. The third-order valence-electron chi connectivity index (χ3n) is 7.66. The van der Waals surface area contributed by atoms with E-state index in [9.17, 15) is 14.4 Å². The fraction of sp³-hybridized carbons (Fsp3) is 0.667. The second-order valence-electron chi connectivity index (χ2n) is 10.3. The van der Waals surface area contributed by atoms with Gasteiger partial charge in [0, 0.05) is 50.3 Å². The number of rotatable bonds is 11. The van der Waals surface area contributed by atoms with E-state index in [1.807, 2.05) is 12.1 Å². The number of hydrogen-bond acceptors (Lipinski definition) is 6. The van der Waals surface area contributed by atoms with Gasteiger partial charge in [0.15, 0.2) is 0 Å². The highest BCUT2D eigenvalue weighted by Crippen LogP contribution is 2.33. The van der Waals surface area contributed by atoms with Crippen molar-refractivity contribution < 1.29 is 19.1 Å². The first kappa shape index (κ1) is 25.6. The number of benzene rings is 1. The van der Waals surface area contributed by atoms with Crippen LogP contribution in [0.1, 0.15) is 68.3 Å². The van der Waals surface area contributed by atoms with Crippen molar-refractivity contribution in [1.82, 2.24) is 20.0 Å². The number of amides is 3. The molecule has 3 amide bonds. The van der Waals surface area contributed by atoms with Crippen molar-refractivity contribution in [3.63, 3.8) is 0 Å². The summed E-state index contributed by atoms with van der Waals surface area (Å²) in [5, 5.41) is 2.35. The normalized spacial score (nSPS) is 22.3. The van der Waals surface area contributed by atoms with Crippen molar-refractivity contribution in [2.45, 2.75) is 65.0 Å². The van der Waals surface area contributed by atoms with Gasteiger partial charge in [0.25, 0.3) is 5.91 Å². The third kappa shape index (κ3) is 6.41. The maximum atomic E-state index is 13.0. The lowest BCUT2D eigenvalue weighted by molar-refractivity contribution is -0.136. The van der Waals surface area contributed by atoms with Crippen LogP contribution in [-0.4, -0.2) is 84.3 Å². The molecule has 0 radical (unpaired) electrons. The molecule has 8 nitrogen and oxygen atoms in total. The predicted molar refractivity (Wildman–Crippen MR) is 134 cm³/mol. The Labute approximate surface area is 209 Å². The highest BCUT2D eigenvalue weighted by Gasteiger charge is 2.40. The first-order chi connectivity index (χ1) is 17.0. The molecule has 35 heavy (non-hydrogen) atoms. The molecule has 0 aromatic heterocycles.